The third-order valence-electron chi connectivity index (χ3n) is 2.75. The average Bonchev–Trinajstić information content (AvgIpc) is 2.31. The molecule has 21 heavy (non-hydrogen) atoms. The monoisotopic (exact) mass is 312 g/mol. The number of carbonyl (C=O) groups is 3. The molecule has 6 nitrogen and oxygen atoms in total. The topological polar surface area (TPSA) is 95.5 Å². The Bertz CT molecular complexity index is 560. The molecule has 114 valence electrons. The van der Waals surface area contributed by atoms with Gasteiger partial charge in [-0.15, -0.1) is 0 Å². The lowest BCUT2D eigenvalue weighted by Gasteiger charge is -2.11. The molecular weight excluding hydrogens is 296 g/mol. The third-order valence-corrected chi connectivity index (χ3v) is 2.98. The standard InChI is InChI=1S/C14H17ClN2O4/c1-8(6-13(19)20)5-12(18)17-14(21)16-11-4-3-10(15)7-9(11)2/h3-4,7-8H,5-6H2,1-2H3,(H,19,20)(H2,16,17,18,21). The first-order chi connectivity index (χ1) is 9.77. The normalized spacial score (nSPS) is 11.6. The second kappa shape index (κ2) is 7.64. The second-order valence-electron chi connectivity index (χ2n) is 4.87. The van der Waals surface area contributed by atoms with Crippen molar-refractivity contribution in [3.05, 3.63) is 28.8 Å². The number of carbonyl (C=O) groups excluding carboxylic acids is 2. The van der Waals surface area contributed by atoms with Gasteiger partial charge < -0.3 is 10.4 Å². The van der Waals surface area contributed by atoms with Crippen molar-refractivity contribution in [2.75, 3.05) is 5.32 Å². The molecule has 1 rings (SSSR count). The van der Waals surface area contributed by atoms with E-state index in [9.17, 15) is 14.4 Å². The Labute approximate surface area is 127 Å². The molecule has 0 aliphatic rings. The number of nitrogens with one attached hydrogen (secondary N) is 2. The van der Waals surface area contributed by atoms with E-state index in [2.05, 4.69) is 10.6 Å². The third kappa shape index (κ3) is 6.27. The van der Waals surface area contributed by atoms with Gasteiger partial charge in [-0.3, -0.25) is 14.9 Å². The summed E-state index contributed by atoms with van der Waals surface area (Å²) >= 11 is 5.81. The molecule has 3 N–H and O–H groups in total. The summed E-state index contributed by atoms with van der Waals surface area (Å²) in [6, 6.07) is 4.29. The average molecular weight is 313 g/mol. The van der Waals surface area contributed by atoms with Gasteiger partial charge in [-0.1, -0.05) is 18.5 Å². The van der Waals surface area contributed by atoms with Gasteiger partial charge in [-0.25, -0.2) is 4.79 Å². The molecule has 0 heterocycles. The number of aryl methyl sites for hydroxylation is 1. The number of carboxylic acid groups (broad SMARTS) is 1. The highest BCUT2D eigenvalue weighted by Crippen LogP contribution is 2.19. The summed E-state index contributed by atoms with van der Waals surface area (Å²) in [5, 5.41) is 13.9. The Morgan fingerprint density at radius 2 is 1.95 bits per heavy atom. The number of anilines is 1. The van der Waals surface area contributed by atoms with Crippen LogP contribution in [0.4, 0.5) is 10.5 Å². The van der Waals surface area contributed by atoms with Crippen LogP contribution in [0, 0.1) is 12.8 Å². The van der Waals surface area contributed by atoms with E-state index in [0.717, 1.165) is 5.56 Å². The zero-order valence-corrected chi connectivity index (χ0v) is 12.5. The van der Waals surface area contributed by atoms with Crippen molar-refractivity contribution in [3.63, 3.8) is 0 Å². The predicted molar refractivity (Wildman–Crippen MR) is 79.4 cm³/mol. The lowest BCUT2D eigenvalue weighted by molar-refractivity contribution is -0.138. The van der Waals surface area contributed by atoms with Crippen LogP contribution < -0.4 is 10.6 Å². The van der Waals surface area contributed by atoms with Gasteiger partial charge in [-0.05, 0) is 36.6 Å². The zero-order chi connectivity index (χ0) is 16.0. The molecule has 0 radical (unpaired) electrons. The summed E-state index contributed by atoms with van der Waals surface area (Å²) in [4.78, 5) is 33.8. The van der Waals surface area contributed by atoms with Crippen LogP contribution in [0.15, 0.2) is 18.2 Å². The fourth-order valence-corrected chi connectivity index (χ4v) is 2.01. The largest absolute Gasteiger partial charge is 0.481 e. The molecule has 3 amide bonds. The fraction of sp³-hybridized carbons (Fsp3) is 0.357. The molecule has 0 aliphatic heterocycles. The quantitative estimate of drug-likeness (QED) is 0.779. The minimum absolute atomic E-state index is 0.0285. The van der Waals surface area contributed by atoms with Crippen molar-refractivity contribution >= 4 is 35.2 Å². The summed E-state index contributed by atoms with van der Waals surface area (Å²) < 4.78 is 0. The van der Waals surface area contributed by atoms with Gasteiger partial charge in [-0.2, -0.15) is 0 Å². The highest BCUT2D eigenvalue weighted by Gasteiger charge is 2.15. The van der Waals surface area contributed by atoms with E-state index in [-0.39, 0.29) is 18.8 Å². The minimum atomic E-state index is -0.975. The van der Waals surface area contributed by atoms with Crippen LogP contribution in [0.2, 0.25) is 5.02 Å². The molecule has 0 bridgehead atoms. The van der Waals surface area contributed by atoms with Gasteiger partial charge >= 0.3 is 12.0 Å². The number of imide groups is 1. The number of aliphatic carboxylic acids is 1. The lowest BCUT2D eigenvalue weighted by atomic mass is 10.0. The van der Waals surface area contributed by atoms with Crippen LogP contribution in [-0.2, 0) is 9.59 Å². The molecule has 1 aromatic carbocycles. The van der Waals surface area contributed by atoms with Gasteiger partial charge in [0.2, 0.25) is 5.91 Å². The van der Waals surface area contributed by atoms with E-state index in [1.54, 1.807) is 32.0 Å². The van der Waals surface area contributed by atoms with Crippen LogP contribution >= 0.6 is 11.6 Å². The number of rotatable bonds is 5. The van der Waals surface area contributed by atoms with Gasteiger partial charge in [0.1, 0.15) is 0 Å². The van der Waals surface area contributed by atoms with Crippen LogP contribution in [0.25, 0.3) is 0 Å². The van der Waals surface area contributed by atoms with Gasteiger partial charge in [0.15, 0.2) is 0 Å². The Morgan fingerprint density at radius 1 is 1.29 bits per heavy atom. The van der Waals surface area contributed by atoms with Gasteiger partial charge in [0.05, 0.1) is 0 Å². The van der Waals surface area contributed by atoms with Crippen LogP contribution in [-0.4, -0.2) is 23.0 Å². The molecule has 7 heteroatoms. The fourth-order valence-electron chi connectivity index (χ4n) is 1.79. The van der Waals surface area contributed by atoms with Crippen LogP contribution in [0.1, 0.15) is 25.3 Å². The van der Waals surface area contributed by atoms with Gasteiger partial charge in [0, 0.05) is 23.6 Å². The molecule has 1 atom stereocenters. The highest BCUT2D eigenvalue weighted by molar-refractivity contribution is 6.30. The first-order valence-electron chi connectivity index (χ1n) is 6.36. The Kier molecular flexibility index (Phi) is 6.17. The molecule has 0 saturated heterocycles. The van der Waals surface area contributed by atoms with Crippen molar-refractivity contribution in [2.45, 2.75) is 26.7 Å². The number of benzene rings is 1. The molecule has 0 aromatic heterocycles. The summed E-state index contributed by atoms with van der Waals surface area (Å²) in [5.41, 5.74) is 1.31. The number of urea groups is 1. The van der Waals surface area contributed by atoms with Crippen molar-refractivity contribution in [1.29, 1.82) is 0 Å². The van der Waals surface area contributed by atoms with Crippen molar-refractivity contribution < 1.29 is 19.5 Å². The summed E-state index contributed by atoms with van der Waals surface area (Å²) in [7, 11) is 0. The predicted octanol–water partition coefficient (Wildman–Crippen LogP) is 2.80. The summed E-state index contributed by atoms with van der Waals surface area (Å²) in [6.45, 7) is 3.41. The highest BCUT2D eigenvalue weighted by atomic mass is 35.5. The van der Waals surface area contributed by atoms with E-state index in [1.807, 2.05) is 0 Å². The number of carboxylic acids is 1. The molecular formula is C14H17ClN2O4. The maximum absolute atomic E-state index is 11.7. The molecule has 0 saturated carbocycles. The number of hydrogen-bond acceptors (Lipinski definition) is 3. The van der Waals surface area contributed by atoms with Crippen LogP contribution in [0.5, 0.6) is 0 Å². The number of amides is 3. The first-order valence-corrected chi connectivity index (χ1v) is 6.74. The molecule has 0 aliphatic carbocycles. The molecule has 0 spiro atoms. The van der Waals surface area contributed by atoms with Crippen molar-refractivity contribution in [2.24, 2.45) is 5.92 Å². The summed E-state index contributed by atoms with van der Waals surface area (Å²) in [6.07, 6.45) is -0.148. The Hall–Kier alpha value is -2.08. The second-order valence-corrected chi connectivity index (χ2v) is 5.31. The molecule has 0 fully saturated rings. The van der Waals surface area contributed by atoms with E-state index in [1.165, 1.54) is 0 Å². The number of halogens is 1. The minimum Gasteiger partial charge on any atom is -0.481 e. The van der Waals surface area contributed by atoms with E-state index in [4.69, 9.17) is 16.7 Å². The Morgan fingerprint density at radius 3 is 2.52 bits per heavy atom. The molecule has 1 aromatic rings. The maximum atomic E-state index is 11.7. The SMILES string of the molecule is Cc1cc(Cl)ccc1NC(=O)NC(=O)CC(C)CC(=O)O. The molecule has 1 unspecified atom stereocenters. The summed E-state index contributed by atoms with van der Waals surface area (Å²) in [5.74, 6) is -1.84. The Balaban J connectivity index is 2.49. The maximum Gasteiger partial charge on any atom is 0.325 e. The van der Waals surface area contributed by atoms with Crippen molar-refractivity contribution in [3.8, 4) is 0 Å². The zero-order valence-electron chi connectivity index (χ0n) is 11.8. The van der Waals surface area contributed by atoms with E-state index >= 15 is 0 Å². The van der Waals surface area contributed by atoms with E-state index < -0.39 is 17.9 Å². The first kappa shape index (κ1) is 17.0. The van der Waals surface area contributed by atoms with Crippen LogP contribution in [0.3, 0.4) is 0 Å². The van der Waals surface area contributed by atoms with Gasteiger partial charge in [0.25, 0.3) is 0 Å². The van der Waals surface area contributed by atoms with Crippen molar-refractivity contribution in [1.82, 2.24) is 5.32 Å². The number of hydrogen-bond donors (Lipinski definition) is 3. The van der Waals surface area contributed by atoms with E-state index in [0.29, 0.717) is 10.7 Å². The smallest absolute Gasteiger partial charge is 0.325 e. The lowest BCUT2D eigenvalue weighted by Crippen LogP contribution is -2.35.